The van der Waals surface area contributed by atoms with Crippen molar-refractivity contribution in [1.82, 2.24) is 5.32 Å². The molecule has 6 heteroatoms. The molecule has 120 valence electrons. The number of rotatable bonds is 9. The van der Waals surface area contributed by atoms with Crippen molar-refractivity contribution in [2.24, 2.45) is 5.73 Å². The van der Waals surface area contributed by atoms with Crippen LogP contribution >= 0.6 is 24.0 Å². The quantitative estimate of drug-likeness (QED) is 0.729. The summed E-state index contributed by atoms with van der Waals surface area (Å²) in [4.78, 5) is 11.8. The highest BCUT2D eigenvalue weighted by Crippen LogP contribution is 2.15. The lowest BCUT2D eigenvalue weighted by Gasteiger charge is -2.16. The molecule has 0 spiro atoms. The summed E-state index contributed by atoms with van der Waals surface area (Å²) in [5.41, 5.74) is 5.64. The lowest BCUT2D eigenvalue weighted by molar-refractivity contribution is -0.122. The fourth-order valence-electron chi connectivity index (χ4n) is 1.79. The Morgan fingerprint density at radius 1 is 1.38 bits per heavy atom. The fraction of sp³-hybridized carbons (Fsp3) is 0.533. The van der Waals surface area contributed by atoms with Crippen LogP contribution in [-0.2, 0) is 4.79 Å². The number of ether oxygens (including phenoxy) is 1. The Labute approximate surface area is 137 Å². The lowest BCUT2D eigenvalue weighted by atomic mass is 10.1. The maximum absolute atomic E-state index is 11.8. The van der Waals surface area contributed by atoms with Crippen LogP contribution in [0.3, 0.4) is 0 Å². The first-order valence-corrected chi connectivity index (χ1v) is 7.41. The van der Waals surface area contributed by atoms with Gasteiger partial charge in [0.1, 0.15) is 5.75 Å². The molecular formula is C15H24Cl2N2O2. The van der Waals surface area contributed by atoms with Crippen LogP contribution in [0.15, 0.2) is 24.3 Å². The Morgan fingerprint density at radius 2 is 2.05 bits per heavy atom. The molecule has 0 aliphatic heterocycles. The number of benzene rings is 1. The van der Waals surface area contributed by atoms with Crippen molar-refractivity contribution >= 4 is 29.9 Å². The van der Waals surface area contributed by atoms with E-state index in [1.807, 2.05) is 0 Å². The highest BCUT2D eigenvalue weighted by atomic mass is 35.5. The summed E-state index contributed by atoms with van der Waals surface area (Å²) in [6.45, 7) is 2.94. The predicted octanol–water partition coefficient (Wildman–Crippen LogP) is 3.16. The molecule has 1 aromatic rings. The van der Waals surface area contributed by atoms with E-state index in [1.54, 1.807) is 24.3 Å². The second-order valence-corrected chi connectivity index (χ2v) is 5.13. The maximum Gasteiger partial charge on any atom is 0.223 e. The number of amides is 1. The summed E-state index contributed by atoms with van der Waals surface area (Å²) < 4.78 is 5.48. The molecule has 4 nitrogen and oxygen atoms in total. The number of carbonyl (C=O) groups is 1. The zero-order chi connectivity index (χ0) is 14.8. The Balaban J connectivity index is 0.00000400. The van der Waals surface area contributed by atoms with E-state index in [0.29, 0.717) is 30.3 Å². The van der Waals surface area contributed by atoms with Gasteiger partial charge in [-0.2, -0.15) is 0 Å². The molecular weight excluding hydrogens is 311 g/mol. The minimum absolute atomic E-state index is 0. The Morgan fingerprint density at radius 3 is 2.62 bits per heavy atom. The maximum atomic E-state index is 11.8. The number of nitrogens with one attached hydrogen (secondary N) is 1. The number of nitrogens with two attached hydrogens (primary N) is 1. The molecule has 1 unspecified atom stereocenters. The highest BCUT2D eigenvalue weighted by Gasteiger charge is 2.10. The number of halogens is 2. The minimum atomic E-state index is -0.0227. The first-order chi connectivity index (χ1) is 9.65. The number of hydrogen-bond donors (Lipinski definition) is 2. The summed E-state index contributed by atoms with van der Waals surface area (Å²) in [6.07, 6.45) is 3.43. The van der Waals surface area contributed by atoms with Crippen LogP contribution in [-0.4, -0.2) is 25.1 Å². The molecule has 0 aliphatic carbocycles. The van der Waals surface area contributed by atoms with Crippen LogP contribution in [0.4, 0.5) is 0 Å². The zero-order valence-corrected chi connectivity index (χ0v) is 13.9. The van der Waals surface area contributed by atoms with Crippen LogP contribution in [0.5, 0.6) is 5.75 Å². The van der Waals surface area contributed by atoms with Crippen molar-refractivity contribution in [1.29, 1.82) is 0 Å². The Bertz CT molecular complexity index is 399. The van der Waals surface area contributed by atoms with Gasteiger partial charge in [-0.15, -0.1) is 12.4 Å². The SMILES string of the molecule is CCCCC(CN)NC(=O)CCOc1ccc(Cl)cc1.Cl. The minimum Gasteiger partial charge on any atom is -0.493 e. The average Bonchev–Trinajstić information content (AvgIpc) is 2.45. The molecule has 0 fully saturated rings. The van der Waals surface area contributed by atoms with Gasteiger partial charge in [-0.25, -0.2) is 0 Å². The van der Waals surface area contributed by atoms with Gasteiger partial charge in [0, 0.05) is 17.6 Å². The van der Waals surface area contributed by atoms with Gasteiger partial charge in [0.25, 0.3) is 0 Å². The number of carbonyl (C=O) groups excluding carboxylic acids is 1. The summed E-state index contributed by atoms with van der Waals surface area (Å²) >= 11 is 5.78. The fourth-order valence-corrected chi connectivity index (χ4v) is 1.92. The molecule has 1 rings (SSSR count). The number of unbranched alkanes of at least 4 members (excludes halogenated alkanes) is 1. The average molecular weight is 335 g/mol. The van der Waals surface area contributed by atoms with Gasteiger partial charge in [-0.05, 0) is 30.7 Å². The normalized spacial score (nSPS) is 11.4. The Hall–Kier alpha value is -0.970. The third kappa shape index (κ3) is 8.81. The second kappa shape index (κ2) is 11.7. The van der Waals surface area contributed by atoms with Gasteiger partial charge in [-0.3, -0.25) is 4.79 Å². The van der Waals surface area contributed by atoms with E-state index in [2.05, 4.69) is 12.2 Å². The van der Waals surface area contributed by atoms with Crippen molar-refractivity contribution in [3.63, 3.8) is 0 Å². The van der Waals surface area contributed by atoms with E-state index in [1.165, 1.54) is 0 Å². The van der Waals surface area contributed by atoms with Crippen LogP contribution in [0, 0.1) is 0 Å². The van der Waals surface area contributed by atoms with Crippen molar-refractivity contribution < 1.29 is 9.53 Å². The zero-order valence-electron chi connectivity index (χ0n) is 12.3. The van der Waals surface area contributed by atoms with Gasteiger partial charge in [-0.1, -0.05) is 31.4 Å². The standard InChI is InChI=1S/C15H23ClN2O2.ClH/c1-2-3-4-13(11-17)18-15(19)9-10-20-14-7-5-12(16)6-8-14;/h5-8,13H,2-4,9-11,17H2,1H3,(H,18,19);1H. The molecule has 3 N–H and O–H groups in total. The first-order valence-electron chi connectivity index (χ1n) is 7.03. The van der Waals surface area contributed by atoms with Crippen LogP contribution in [0.25, 0.3) is 0 Å². The van der Waals surface area contributed by atoms with E-state index in [9.17, 15) is 4.79 Å². The molecule has 0 radical (unpaired) electrons. The molecule has 0 saturated heterocycles. The molecule has 0 aromatic heterocycles. The van der Waals surface area contributed by atoms with Crippen LogP contribution < -0.4 is 15.8 Å². The van der Waals surface area contributed by atoms with Gasteiger partial charge in [0.05, 0.1) is 13.0 Å². The van der Waals surface area contributed by atoms with Crippen molar-refractivity contribution in [2.75, 3.05) is 13.2 Å². The summed E-state index contributed by atoms with van der Waals surface area (Å²) in [7, 11) is 0. The van der Waals surface area contributed by atoms with Gasteiger partial charge >= 0.3 is 0 Å². The monoisotopic (exact) mass is 334 g/mol. The molecule has 0 aliphatic rings. The van der Waals surface area contributed by atoms with E-state index in [-0.39, 0.29) is 24.4 Å². The van der Waals surface area contributed by atoms with E-state index < -0.39 is 0 Å². The molecule has 1 aromatic carbocycles. The van der Waals surface area contributed by atoms with Gasteiger partial charge < -0.3 is 15.8 Å². The second-order valence-electron chi connectivity index (χ2n) is 4.69. The van der Waals surface area contributed by atoms with Crippen molar-refractivity contribution in [2.45, 2.75) is 38.6 Å². The van der Waals surface area contributed by atoms with E-state index in [0.717, 1.165) is 19.3 Å². The van der Waals surface area contributed by atoms with Crippen molar-refractivity contribution in [3.05, 3.63) is 29.3 Å². The van der Waals surface area contributed by atoms with Crippen LogP contribution in [0.1, 0.15) is 32.6 Å². The molecule has 1 amide bonds. The smallest absolute Gasteiger partial charge is 0.223 e. The number of hydrogen-bond acceptors (Lipinski definition) is 3. The van der Waals surface area contributed by atoms with Gasteiger partial charge in [0.15, 0.2) is 0 Å². The summed E-state index contributed by atoms with van der Waals surface area (Å²) in [6, 6.07) is 7.14. The van der Waals surface area contributed by atoms with E-state index >= 15 is 0 Å². The van der Waals surface area contributed by atoms with Crippen LogP contribution in [0.2, 0.25) is 5.02 Å². The third-order valence-electron chi connectivity index (χ3n) is 2.97. The first kappa shape index (κ1) is 20.0. The summed E-state index contributed by atoms with van der Waals surface area (Å²) in [5.74, 6) is 0.689. The van der Waals surface area contributed by atoms with Gasteiger partial charge in [0.2, 0.25) is 5.91 Å². The molecule has 0 bridgehead atoms. The predicted molar refractivity (Wildman–Crippen MR) is 89.3 cm³/mol. The Kier molecular flexibility index (Phi) is 11.1. The van der Waals surface area contributed by atoms with Crippen molar-refractivity contribution in [3.8, 4) is 5.75 Å². The topological polar surface area (TPSA) is 64.3 Å². The lowest BCUT2D eigenvalue weighted by Crippen LogP contribution is -2.40. The summed E-state index contributed by atoms with van der Waals surface area (Å²) in [5, 5.41) is 3.60. The molecule has 0 heterocycles. The largest absolute Gasteiger partial charge is 0.493 e. The van der Waals surface area contributed by atoms with E-state index in [4.69, 9.17) is 22.1 Å². The third-order valence-corrected chi connectivity index (χ3v) is 3.22. The highest BCUT2D eigenvalue weighted by molar-refractivity contribution is 6.30. The molecule has 21 heavy (non-hydrogen) atoms. The molecule has 0 saturated carbocycles. The molecule has 1 atom stereocenters.